The molecule has 0 aliphatic rings. The lowest BCUT2D eigenvalue weighted by atomic mass is 10.3. The number of nitrogens with zero attached hydrogens (tertiary/aromatic N) is 5. The van der Waals surface area contributed by atoms with Crippen molar-refractivity contribution in [1.82, 2.24) is 4.98 Å². The first-order chi connectivity index (χ1) is 7.13. The highest BCUT2D eigenvalue weighted by Gasteiger charge is 2.09. The van der Waals surface area contributed by atoms with Gasteiger partial charge in [-0.2, -0.15) is 4.99 Å². The fourth-order valence-electron chi connectivity index (χ4n) is 0.731. The van der Waals surface area contributed by atoms with E-state index in [1.807, 2.05) is 0 Å². The van der Waals surface area contributed by atoms with Crippen LogP contribution in [0, 0.1) is 0 Å². The van der Waals surface area contributed by atoms with Crippen molar-refractivity contribution in [2.45, 2.75) is 0 Å². The first-order valence-corrected chi connectivity index (χ1v) is 4.60. The summed E-state index contributed by atoms with van der Waals surface area (Å²) in [5.74, 6) is -0.500. The molecule has 1 aromatic rings. The molecule has 1 aromatic heterocycles. The Bertz CT molecular complexity index is 440. The molecule has 0 saturated heterocycles. The van der Waals surface area contributed by atoms with Gasteiger partial charge in [-0.1, -0.05) is 5.11 Å². The van der Waals surface area contributed by atoms with E-state index in [1.54, 1.807) is 0 Å². The molecule has 0 spiro atoms. The Kier molecular flexibility index (Phi) is 3.61. The maximum Gasteiger partial charge on any atom is 0.212 e. The number of nitrogens with two attached hydrogens (primary N) is 2. The summed E-state index contributed by atoms with van der Waals surface area (Å²) < 4.78 is 0. The molecular formula is C6H7N7OS. The van der Waals surface area contributed by atoms with E-state index >= 15 is 0 Å². The number of azide groups is 1. The zero-order chi connectivity index (χ0) is 11.3. The molecule has 1 rings (SSSR count). The molecule has 0 atom stereocenters. The maximum atomic E-state index is 11.3. The minimum atomic E-state index is -0.374. The van der Waals surface area contributed by atoms with Gasteiger partial charge in [0.1, 0.15) is 5.69 Å². The van der Waals surface area contributed by atoms with Crippen LogP contribution < -0.4 is 11.5 Å². The molecule has 9 heteroatoms. The molecule has 0 aliphatic carbocycles. The molecule has 15 heavy (non-hydrogen) atoms. The average molecular weight is 225 g/mol. The number of aromatic nitrogens is 1. The van der Waals surface area contributed by atoms with Gasteiger partial charge < -0.3 is 11.5 Å². The van der Waals surface area contributed by atoms with Gasteiger partial charge in [0.15, 0.2) is 11.7 Å². The van der Waals surface area contributed by atoms with E-state index in [4.69, 9.17) is 17.0 Å². The first kappa shape index (κ1) is 11.0. The normalized spacial score (nSPS) is 9.07. The highest BCUT2D eigenvalue weighted by Crippen LogP contribution is 2.18. The minimum absolute atomic E-state index is 0.126. The summed E-state index contributed by atoms with van der Waals surface area (Å²) in [7, 11) is 0. The average Bonchev–Trinajstić information content (AvgIpc) is 2.61. The molecule has 0 bridgehead atoms. The lowest BCUT2D eigenvalue weighted by Gasteiger charge is -1.88. The molecule has 8 nitrogen and oxygen atoms in total. The molecule has 78 valence electrons. The van der Waals surface area contributed by atoms with Crippen LogP contribution in [0.15, 0.2) is 15.5 Å². The number of hydrogen-bond acceptors (Lipinski definition) is 5. The van der Waals surface area contributed by atoms with Crippen LogP contribution >= 0.6 is 11.3 Å². The number of rotatable bonds is 4. The van der Waals surface area contributed by atoms with Crippen LogP contribution in [0.1, 0.15) is 10.5 Å². The Morgan fingerprint density at radius 1 is 1.67 bits per heavy atom. The van der Waals surface area contributed by atoms with Gasteiger partial charge in [0.05, 0.1) is 6.54 Å². The summed E-state index contributed by atoms with van der Waals surface area (Å²) in [6, 6.07) is 0. The lowest BCUT2D eigenvalue weighted by molar-refractivity contribution is 0.0997. The van der Waals surface area contributed by atoms with E-state index in [-0.39, 0.29) is 24.0 Å². The second-order valence-electron chi connectivity index (χ2n) is 2.36. The van der Waals surface area contributed by atoms with Gasteiger partial charge in [0.25, 0.3) is 0 Å². The molecular weight excluding hydrogens is 218 g/mol. The number of carbonyl (C=O) groups excluding carboxylic acids is 1. The Morgan fingerprint density at radius 3 is 3.00 bits per heavy atom. The monoisotopic (exact) mass is 225 g/mol. The van der Waals surface area contributed by atoms with Crippen molar-refractivity contribution >= 4 is 28.2 Å². The van der Waals surface area contributed by atoms with Gasteiger partial charge >= 0.3 is 0 Å². The third-order valence-electron chi connectivity index (χ3n) is 1.28. The number of guanidine groups is 1. The Morgan fingerprint density at radius 2 is 2.40 bits per heavy atom. The van der Waals surface area contributed by atoms with Crippen molar-refractivity contribution in [3.63, 3.8) is 0 Å². The van der Waals surface area contributed by atoms with Crippen LogP contribution in [-0.4, -0.2) is 23.3 Å². The number of carbonyl (C=O) groups is 1. The van der Waals surface area contributed by atoms with Crippen molar-refractivity contribution in [2.24, 2.45) is 21.6 Å². The molecule has 0 radical (unpaired) electrons. The number of ketones is 1. The van der Waals surface area contributed by atoms with Crippen molar-refractivity contribution in [1.29, 1.82) is 0 Å². The molecule has 0 aliphatic heterocycles. The third kappa shape index (κ3) is 3.25. The summed E-state index contributed by atoms with van der Waals surface area (Å²) in [4.78, 5) is 21.2. The summed E-state index contributed by atoms with van der Waals surface area (Å²) in [5.41, 5.74) is 18.5. The maximum absolute atomic E-state index is 11.3. The Labute approximate surface area is 88.3 Å². The van der Waals surface area contributed by atoms with Gasteiger partial charge in [0, 0.05) is 10.3 Å². The molecule has 0 amide bonds. The molecule has 0 fully saturated rings. The second-order valence-corrected chi connectivity index (χ2v) is 3.20. The van der Waals surface area contributed by atoms with Crippen LogP contribution in [-0.2, 0) is 0 Å². The molecule has 1 heterocycles. The minimum Gasteiger partial charge on any atom is -0.370 e. The van der Waals surface area contributed by atoms with E-state index in [0.717, 1.165) is 11.3 Å². The predicted octanol–water partition coefficient (Wildman–Crippen LogP) is 0.541. The molecule has 4 N–H and O–H groups in total. The third-order valence-corrected chi connectivity index (χ3v) is 2.01. The van der Waals surface area contributed by atoms with Crippen molar-refractivity contribution in [3.05, 3.63) is 21.5 Å². The van der Waals surface area contributed by atoms with Crippen LogP contribution in [0.2, 0.25) is 0 Å². The standard InChI is InChI=1S/C6H7N7OS/c7-5(8)12-6-11-3(2-15-6)4(14)1-10-13-9/h2H,1H2,(H4,7,8,11,12). The fourth-order valence-corrected chi connectivity index (χ4v) is 1.44. The largest absolute Gasteiger partial charge is 0.370 e. The number of hydrogen-bond donors (Lipinski definition) is 2. The fraction of sp³-hybridized carbons (Fsp3) is 0.167. The summed E-state index contributed by atoms with van der Waals surface area (Å²) >= 11 is 1.13. The van der Waals surface area contributed by atoms with E-state index in [2.05, 4.69) is 20.0 Å². The predicted molar refractivity (Wildman–Crippen MR) is 55.9 cm³/mol. The van der Waals surface area contributed by atoms with Crippen molar-refractivity contribution in [2.75, 3.05) is 6.54 Å². The van der Waals surface area contributed by atoms with E-state index in [9.17, 15) is 4.79 Å². The Hall–Kier alpha value is -2.12. The van der Waals surface area contributed by atoms with Crippen LogP contribution in [0.4, 0.5) is 5.13 Å². The van der Waals surface area contributed by atoms with Gasteiger partial charge in [-0.15, -0.1) is 11.3 Å². The van der Waals surface area contributed by atoms with E-state index < -0.39 is 0 Å². The van der Waals surface area contributed by atoms with Gasteiger partial charge in [-0.3, -0.25) is 4.79 Å². The summed E-state index contributed by atoms with van der Waals surface area (Å²) in [6.07, 6.45) is 0. The topological polar surface area (TPSA) is 143 Å². The highest BCUT2D eigenvalue weighted by molar-refractivity contribution is 7.13. The van der Waals surface area contributed by atoms with Crippen LogP contribution in [0.25, 0.3) is 10.4 Å². The van der Waals surface area contributed by atoms with Gasteiger partial charge in [-0.05, 0) is 5.53 Å². The summed E-state index contributed by atoms with van der Waals surface area (Å²) in [6.45, 7) is -0.262. The number of thiazole rings is 1. The highest BCUT2D eigenvalue weighted by atomic mass is 32.1. The van der Waals surface area contributed by atoms with Crippen LogP contribution in [0.3, 0.4) is 0 Å². The smallest absolute Gasteiger partial charge is 0.212 e. The van der Waals surface area contributed by atoms with Crippen molar-refractivity contribution in [3.8, 4) is 0 Å². The molecule has 0 saturated carbocycles. The second kappa shape index (κ2) is 4.94. The SMILES string of the molecule is [N-]=[N+]=NCC(=O)c1csc(N=C(N)N)n1. The zero-order valence-electron chi connectivity index (χ0n) is 7.49. The molecule has 0 unspecified atom stereocenters. The zero-order valence-corrected chi connectivity index (χ0v) is 8.31. The summed E-state index contributed by atoms with van der Waals surface area (Å²) in [5, 5.41) is 4.92. The van der Waals surface area contributed by atoms with Crippen LogP contribution in [0.5, 0.6) is 0 Å². The Balaban J connectivity index is 2.80. The number of Topliss-reactive ketones (excluding diaryl/α,β-unsaturated/α-hetero) is 1. The van der Waals surface area contributed by atoms with Crippen molar-refractivity contribution < 1.29 is 4.79 Å². The quantitative estimate of drug-likeness (QED) is 0.192. The van der Waals surface area contributed by atoms with Gasteiger partial charge in [0.2, 0.25) is 5.13 Å². The lowest BCUT2D eigenvalue weighted by Crippen LogP contribution is -2.21. The van der Waals surface area contributed by atoms with E-state index in [0.29, 0.717) is 5.13 Å². The van der Waals surface area contributed by atoms with Gasteiger partial charge in [-0.25, -0.2) is 4.98 Å². The first-order valence-electron chi connectivity index (χ1n) is 3.72. The number of aliphatic imine (C=N–C) groups is 1. The molecule has 0 aromatic carbocycles. The van der Waals surface area contributed by atoms with E-state index in [1.165, 1.54) is 5.38 Å².